The van der Waals surface area contributed by atoms with Crippen LogP contribution >= 0.6 is 28.1 Å². The monoisotopic (exact) mass is 372 g/mol. The average Bonchev–Trinajstić information content (AvgIpc) is 2.47. The molecule has 1 rings (SSSR count). The van der Waals surface area contributed by atoms with Crippen molar-refractivity contribution in [2.75, 3.05) is 19.7 Å². The van der Waals surface area contributed by atoms with E-state index in [1.165, 1.54) is 5.56 Å². The van der Waals surface area contributed by atoms with Gasteiger partial charge in [-0.3, -0.25) is 4.79 Å². The Balaban J connectivity index is 2.51. The van der Waals surface area contributed by atoms with Gasteiger partial charge in [0.15, 0.2) is 11.7 Å². The number of carbonyl (C=O) groups is 1. The topological polar surface area (TPSA) is 41.6 Å². The molecule has 0 saturated carbocycles. The number of amides is 1. The van der Waals surface area contributed by atoms with Gasteiger partial charge in [0.25, 0.3) is 5.91 Å². The summed E-state index contributed by atoms with van der Waals surface area (Å²) < 4.78 is 6.36. The van der Waals surface area contributed by atoms with Crippen molar-refractivity contribution in [3.05, 3.63) is 28.2 Å². The lowest BCUT2D eigenvalue weighted by Crippen LogP contribution is -2.44. The van der Waals surface area contributed by atoms with Crippen molar-refractivity contribution < 1.29 is 9.53 Å². The molecule has 0 radical (unpaired) electrons. The van der Waals surface area contributed by atoms with E-state index in [4.69, 9.17) is 17.0 Å². The maximum atomic E-state index is 11.8. The van der Waals surface area contributed by atoms with Gasteiger partial charge in [-0.25, -0.2) is 0 Å². The third-order valence-electron chi connectivity index (χ3n) is 3.06. The van der Waals surface area contributed by atoms with Crippen LogP contribution in [0.5, 0.6) is 5.75 Å². The summed E-state index contributed by atoms with van der Waals surface area (Å²) in [6, 6.07) is 5.84. The molecule has 0 spiro atoms. The number of hydrogen-bond donors (Lipinski definition) is 1. The molecule has 6 heteroatoms. The Bertz CT molecular complexity index is 504. The number of thiocarbonyl (C=S) groups is 1. The zero-order valence-corrected chi connectivity index (χ0v) is 15.0. The smallest absolute Gasteiger partial charge is 0.264 e. The maximum Gasteiger partial charge on any atom is 0.264 e. The Kier molecular flexibility index (Phi) is 7.67. The summed E-state index contributed by atoms with van der Waals surface area (Å²) in [6.07, 6.45) is 0.956. The second-order valence-corrected chi connectivity index (χ2v) is 5.67. The first-order valence-electron chi connectivity index (χ1n) is 7.01. The number of aryl methyl sites for hydroxylation is 1. The second-order valence-electron chi connectivity index (χ2n) is 4.43. The molecule has 1 aromatic carbocycles. The molecule has 0 unspecified atom stereocenters. The van der Waals surface area contributed by atoms with Crippen LogP contribution < -0.4 is 10.1 Å². The van der Waals surface area contributed by atoms with E-state index in [-0.39, 0.29) is 12.5 Å². The van der Waals surface area contributed by atoms with Crippen LogP contribution in [0.15, 0.2) is 22.7 Å². The van der Waals surface area contributed by atoms with E-state index in [1.807, 2.05) is 36.9 Å². The van der Waals surface area contributed by atoms with Gasteiger partial charge in [0.2, 0.25) is 0 Å². The van der Waals surface area contributed by atoms with Crippen LogP contribution in [0.4, 0.5) is 0 Å². The third kappa shape index (κ3) is 5.63. The van der Waals surface area contributed by atoms with Crippen LogP contribution in [-0.4, -0.2) is 35.6 Å². The van der Waals surface area contributed by atoms with Crippen molar-refractivity contribution in [1.82, 2.24) is 10.2 Å². The minimum atomic E-state index is -0.252. The Morgan fingerprint density at radius 2 is 2.00 bits per heavy atom. The molecule has 0 aromatic heterocycles. The highest BCUT2D eigenvalue weighted by molar-refractivity contribution is 9.10. The normalized spacial score (nSPS) is 10.1. The summed E-state index contributed by atoms with van der Waals surface area (Å²) in [5, 5.41) is 3.11. The summed E-state index contributed by atoms with van der Waals surface area (Å²) >= 11 is 8.61. The Labute approximate surface area is 140 Å². The molecule has 4 nitrogen and oxygen atoms in total. The van der Waals surface area contributed by atoms with Crippen molar-refractivity contribution in [3.8, 4) is 5.75 Å². The van der Waals surface area contributed by atoms with Gasteiger partial charge in [0, 0.05) is 13.1 Å². The van der Waals surface area contributed by atoms with E-state index in [1.54, 1.807) is 0 Å². The molecule has 0 bridgehead atoms. The Morgan fingerprint density at radius 3 is 2.52 bits per heavy atom. The van der Waals surface area contributed by atoms with Crippen LogP contribution in [0.3, 0.4) is 0 Å². The standard InChI is InChI=1S/C15H21BrN2O2S/c1-4-11-7-8-13(12(16)9-11)20-10-14(19)17-15(21)18(5-2)6-3/h7-9H,4-6,10H2,1-3H3,(H,17,19,21). The van der Waals surface area contributed by atoms with Crippen molar-refractivity contribution in [2.24, 2.45) is 0 Å². The van der Waals surface area contributed by atoms with Gasteiger partial charge in [-0.05, 0) is 66.1 Å². The number of nitrogens with one attached hydrogen (secondary N) is 1. The second kappa shape index (κ2) is 9.00. The van der Waals surface area contributed by atoms with Gasteiger partial charge in [0.05, 0.1) is 4.47 Å². The third-order valence-corrected chi connectivity index (χ3v) is 4.04. The molecule has 0 aliphatic rings. The quantitative estimate of drug-likeness (QED) is 0.778. The first-order valence-corrected chi connectivity index (χ1v) is 8.21. The largest absolute Gasteiger partial charge is 0.483 e. The van der Waals surface area contributed by atoms with Gasteiger partial charge >= 0.3 is 0 Å². The maximum absolute atomic E-state index is 11.8. The first kappa shape index (κ1) is 17.9. The van der Waals surface area contributed by atoms with Crippen molar-refractivity contribution >= 4 is 39.2 Å². The van der Waals surface area contributed by atoms with Gasteiger partial charge < -0.3 is 15.0 Å². The first-order chi connectivity index (χ1) is 10.0. The zero-order chi connectivity index (χ0) is 15.8. The van der Waals surface area contributed by atoms with E-state index >= 15 is 0 Å². The van der Waals surface area contributed by atoms with Gasteiger partial charge in [0.1, 0.15) is 5.75 Å². The van der Waals surface area contributed by atoms with Crippen LogP contribution in [0.1, 0.15) is 26.3 Å². The van der Waals surface area contributed by atoms with Crippen LogP contribution in [0.25, 0.3) is 0 Å². The number of halogens is 1. The summed E-state index contributed by atoms with van der Waals surface area (Å²) in [7, 11) is 0. The number of carbonyl (C=O) groups excluding carboxylic acids is 1. The molecule has 0 aliphatic heterocycles. The number of nitrogens with zero attached hydrogens (tertiary/aromatic N) is 1. The molecule has 0 aliphatic carbocycles. The highest BCUT2D eigenvalue weighted by atomic mass is 79.9. The SMILES string of the molecule is CCc1ccc(OCC(=O)NC(=S)N(CC)CC)c(Br)c1. The summed E-state index contributed by atoms with van der Waals surface area (Å²) in [6.45, 7) is 7.53. The van der Waals surface area contributed by atoms with Gasteiger partial charge in [-0.2, -0.15) is 0 Å². The fourth-order valence-electron chi connectivity index (χ4n) is 1.77. The van der Waals surface area contributed by atoms with Gasteiger partial charge in [-0.1, -0.05) is 13.0 Å². The van der Waals surface area contributed by atoms with Crippen molar-refractivity contribution in [1.29, 1.82) is 0 Å². The molecular weight excluding hydrogens is 352 g/mol. The Hall–Kier alpha value is -1.14. The van der Waals surface area contributed by atoms with Crippen LogP contribution in [0, 0.1) is 0 Å². The number of benzene rings is 1. The van der Waals surface area contributed by atoms with Crippen molar-refractivity contribution in [3.63, 3.8) is 0 Å². The van der Waals surface area contributed by atoms with E-state index in [0.29, 0.717) is 10.9 Å². The molecule has 0 fully saturated rings. The molecule has 116 valence electrons. The average molecular weight is 373 g/mol. The lowest BCUT2D eigenvalue weighted by Gasteiger charge is -2.21. The zero-order valence-electron chi connectivity index (χ0n) is 12.6. The molecule has 1 N–H and O–H groups in total. The molecule has 1 amide bonds. The minimum Gasteiger partial charge on any atom is -0.483 e. The van der Waals surface area contributed by atoms with E-state index in [2.05, 4.69) is 28.2 Å². The Morgan fingerprint density at radius 1 is 1.33 bits per heavy atom. The number of rotatable bonds is 6. The van der Waals surface area contributed by atoms with Crippen LogP contribution in [-0.2, 0) is 11.2 Å². The summed E-state index contributed by atoms with van der Waals surface area (Å²) in [5.74, 6) is 0.398. The highest BCUT2D eigenvalue weighted by Crippen LogP contribution is 2.26. The van der Waals surface area contributed by atoms with E-state index < -0.39 is 0 Å². The predicted octanol–water partition coefficient (Wildman–Crippen LogP) is 3.13. The molecule has 21 heavy (non-hydrogen) atoms. The lowest BCUT2D eigenvalue weighted by molar-refractivity contribution is -0.121. The van der Waals surface area contributed by atoms with Crippen molar-refractivity contribution in [2.45, 2.75) is 27.2 Å². The predicted molar refractivity (Wildman–Crippen MR) is 92.7 cm³/mol. The fourth-order valence-corrected chi connectivity index (χ4v) is 2.68. The molecule has 0 heterocycles. The van der Waals surface area contributed by atoms with Gasteiger partial charge in [-0.15, -0.1) is 0 Å². The molecule has 1 aromatic rings. The number of ether oxygens (including phenoxy) is 1. The minimum absolute atomic E-state index is 0.0640. The lowest BCUT2D eigenvalue weighted by atomic mass is 10.2. The molecule has 0 atom stereocenters. The van der Waals surface area contributed by atoms with E-state index in [9.17, 15) is 4.79 Å². The fraction of sp³-hybridized carbons (Fsp3) is 0.467. The summed E-state index contributed by atoms with van der Waals surface area (Å²) in [5.41, 5.74) is 1.21. The number of hydrogen-bond acceptors (Lipinski definition) is 3. The van der Waals surface area contributed by atoms with E-state index in [0.717, 1.165) is 24.0 Å². The summed E-state index contributed by atoms with van der Waals surface area (Å²) in [4.78, 5) is 13.7. The molecular formula is C15H21BrN2O2S. The highest BCUT2D eigenvalue weighted by Gasteiger charge is 2.11. The molecule has 0 saturated heterocycles. The van der Waals surface area contributed by atoms with Crippen LogP contribution in [0.2, 0.25) is 0 Å².